The smallest absolute Gasteiger partial charge is 0.293 e. The summed E-state index contributed by atoms with van der Waals surface area (Å²) in [7, 11) is 0. The molecule has 130 valence electrons. The van der Waals surface area contributed by atoms with Gasteiger partial charge in [0.2, 0.25) is 0 Å². The normalized spacial score (nSPS) is 20.9. The van der Waals surface area contributed by atoms with Crippen LogP contribution in [0.1, 0.15) is 37.5 Å². The standard InChI is InChI=1S/C18H17ClN2O4/c1-10-15-17(20-25-10)16-13(19)3-2-4-14(16)21(18(15)23)11-5-7-12(8-6-11)24-9-22/h2-4,9,11-12H,5-8H2,1H3. The molecule has 0 aliphatic heterocycles. The molecule has 25 heavy (non-hydrogen) atoms. The number of ether oxygens (including phenoxy) is 1. The summed E-state index contributed by atoms with van der Waals surface area (Å²) >= 11 is 6.42. The van der Waals surface area contributed by atoms with Gasteiger partial charge in [-0.2, -0.15) is 0 Å². The Bertz CT molecular complexity index is 1020. The first-order valence-corrected chi connectivity index (χ1v) is 8.67. The molecule has 2 heterocycles. The molecule has 4 rings (SSSR count). The molecular formula is C18H17ClN2O4. The molecule has 0 N–H and O–H groups in total. The molecule has 0 amide bonds. The minimum absolute atomic E-state index is 0.0265. The average Bonchev–Trinajstić information content (AvgIpc) is 2.99. The number of pyridine rings is 1. The zero-order valence-corrected chi connectivity index (χ0v) is 14.5. The Morgan fingerprint density at radius 2 is 2.04 bits per heavy atom. The van der Waals surface area contributed by atoms with Crippen molar-refractivity contribution in [3.63, 3.8) is 0 Å². The number of aromatic nitrogens is 2. The first-order valence-electron chi connectivity index (χ1n) is 8.29. The number of benzene rings is 1. The molecule has 6 nitrogen and oxygen atoms in total. The maximum absolute atomic E-state index is 13.2. The van der Waals surface area contributed by atoms with E-state index < -0.39 is 0 Å². The summed E-state index contributed by atoms with van der Waals surface area (Å²) in [5.41, 5.74) is 1.17. The highest BCUT2D eigenvalue weighted by Crippen LogP contribution is 2.35. The molecule has 0 bridgehead atoms. The summed E-state index contributed by atoms with van der Waals surface area (Å²) < 4.78 is 12.1. The van der Waals surface area contributed by atoms with Gasteiger partial charge < -0.3 is 13.8 Å². The molecule has 0 saturated heterocycles. The van der Waals surface area contributed by atoms with E-state index in [1.54, 1.807) is 13.0 Å². The van der Waals surface area contributed by atoms with Gasteiger partial charge in [0.25, 0.3) is 12.0 Å². The van der Waals surface area contributed by atoms with Crippen molar-refractivity contribution in [3.8, 4) is 0 Å². The van der Waals surface area contributed by atoms with Gasteiger partial charge in [0.1, 0.15) is 22.8 Å². The van der Waals surface area contributed by atoms with Crippen molar-refractivity contribution in [2.75, 3.05) is 0 Å². The summed E-state index contributed by atoms with van der Waals surface area (Å²) in [4.78, 5) is 23.7. The fraction of sp³-hybridized carbons (Fsp3) is 0.389. The largest absolute Gasteiger partial charge is 0.465 e. The number of hydrogen-bond acceptors (Lipinski definition) is 5. The Balaban J connectivity index is 1.92. The number of aryl methyl sites for hydroxylation is 1. The van der Waals surface area contributed by atoms with Crippen LogP contribution in [0.25, 0.3) is 21.8 Å². The quantitative estimate of drug-likeness (QED) is 0.665. The van der Waals surface area contributed by atoms with Crippen molar-refractivity contribution in [1.29, 1.82) is 0 Å². The van der Waals surface area contributed by atoms with Crippen molar-refractivity contribution in [3.05, 3.63) is 39.3 Å². The Kier molecular flexibility index (Phi) is 4.00. The van der Waals surface area contributed by atoms with Crippen LogP contribution in [0.5, 0.6) is 0 Å². The van der Waals surface area contributed by atoms with Gasteiger partial charge in [0.15, 0.2) is 0 Å². The van der Waals surface area contributed by atoms with Crippen LogP contribution >= 0.6 is 11.6 Å². The van der Waals surface area contributed by atoms with Gasteiger partial charge in [-0.3, -0.25) is 9.59 Å². The van der Waals surface area contributed by atoms with E-state index in [4.69, 9.17) is 20.9 Å². The van der Waals surface area contributed by atoms with E-state index in [1.807, 2.05) is 16.7 Å². The zero-order chi connectivity index (χ0) is 17.6. The van der Waals surface area contributed by atoms with Crippen LogP contribution in [-0.4, -0.2) is 22.3 Å². The number of rotatable bonds is 3. The minimum atomic E-state index is -0.108. The first-order chi connectivity index (χ1) is 12.1. The Morgan fingerprint density at radius 3 is 2.76 bits per heavy atom. The van der Waals surface area contributed by atoms with Crippen LogP contribution in [0.4, 0.5) is 0 Å². The Labute approximate surface area is 148 Å². The molecule has 0 atom stereocenters. The highest BCUT2D eigenvalue weighted by Gasteiger charge is 2.27. The molecule has 2 aromatic heterocycles. The highest BCUT2D eigenvalue weighted by molar-refractivity contribution is 6.37. The summed E-state index contributed by atoms with van der Waals surface area (Å²) in [5.74, 6) is 0.494. The predicted molar refractivity (Wildman–Crippen MR) is 94.0 cm³/mol. The van der Waals surface area contributed by atoms with Crippen LogP contribution in [0.15, 0.2) is 27.5 Å². The fourth-order valence-electron chi connectivity index (χ4n) is 3.85. The van der Waals surface area contributed by atoms with Crippen LogP contribution in [0.3, 0.4) is 0 Å². The van der Waals surface area contributed by atoms with Crippen LogP contribution in [-0.2, 0) is 9.53 Å². The van der Waals surface area contributed by atoms with Gasteiger partial charge in [0.05, 0.1) is 10.5 Å². The summed E-state index contributed by atoms with van der Waals surface area (Å²) in [5, 5.41) is 5.82. The molecule has 1 fully saturated rings. The van der Waals surface area contributed by atoms with E-state index in [1.165, 1.54) is 0 Å². The predicted octanol–water partition coefficient (Wildman–Crippen LogP) is 3.76. The van der Waals surface area contributed by atoms with Crippen molar-refractivity contribution in [2.45, 2.75) is 44.8 Å². The second-order valence-electron chi connectivity index (χ2n) is 6.43. The van der Waals surface area contributed by atoms with Gasteiger partial charge in [-0.25, -0.2) is 0 Å². The zero-order valence-electron chi connectivity index (χ0n) is 13.7. The molecule has 0 unspecified atom stereocenters. The van der Waals surface area contributed by atoms with E-state index in [0.29, 0.717) is 28.2 Å². The lowest BCUT2D eigenvalue weighted by atomic mass is 9.92. The maximum atomic E-state index is 13.2. The molecule has 1 aliphatic rings. The third-order valence-electron chi connectivity index (χ3n) is 5.04. The van der Waals surface area contributed by atoms with Crippen molar-refractivity contribution in [1.82, 2.24) is 9.72 Å². The SMILES string of the molecule is Cc1onc2c1c(=O)n(C1CCC(OC=O)CC1)c1cccc(Cl)c21. The number of halogens is 1. The maximum Gasteiger partial charge on any atom is 0.293 e. The van der Waals surface area contributed by atoms with Crippen LogP contribution in [0, 0.1) is 6.92 Å². The average molecular weight is 361 g/mol. The van der Waals surface area contributed by atoms with Gasteiger partial charge in [-0.05, 0) is 44.7 Å². The van der Waals surface area contributed by atoms with Crippen molar-refractivity contribution < 1.29 is 14.1 Å². The molecule has 7 heteroatoms. The number of hydrogen-bond donors (Lipinski definition) is 0. The van der Waals surface area contributed by atoms with Crippen molar-refractivity contribution in [2.24, 2.45) is 0 Å². The topological polar surface area (TPSA) is 74.3 Å². The molecule has 1 aliphatic carbocycles. The lowest BCUT2D eigenvalue weighted by molar-refractivity contribution is -0.135. The molecular weight excluding hydrogens is 344 g/mol. The monoisotopic (exact) mass is 360 g/mol. The molecule has 0 spiro atoms. The number of fused-ring (bicyclic) bond motifs is 3. The number of carbonyl (C=O) groups is 1. The Hall–Kier alpha value is -2.34. The Morgan fingerprint density at radius 1 is 1.28 bits per heavy atom. The third-order valence-corrected chi connectivity index (χ3v) is 5.36. The molecule has 1 saturated carbocycles. The van der Waals surface area contributed by atoms with Gasteiger partial charge in [0, 0.05) is 11.4 Å². The van der Waals surface area contributed by atoms with Crippen molar-refractivity contribution >= 4 is 39.9 Å². The van der Waals surface area contributed by atoms with Gasteiger partial charge in [-0.1, -0.05) is 22.8 Å². The second kappa shape index (κ2) is 6.19. The highest BCUT2D eigenvalue weighted by atomic mass is 35.5. The van der Waals surface area contributed by atoms with E-state index >= 15 is 0 Å². The molecule has 1 aromatic carbocycles. The second-order valence-corrected chi connectivity index (χ2v) is 6.84. The van der Waals surface area contributed by atoms with E-state index in [2.05, 4.69) is 5.16 Å². The summed E-state index contributed by atoms with van der Waals surface area (Å²) in [6.07, 6.45) is 2.92. The molecule has 0 radical (unpaired) electrons. The minimum Gasteiger partial charge on any atom is -0.465 e. The van der Waals surface area contributed by atoms with E-state index in [9.17, 15) is 9.59 Å². The van der Waals surface area contributed by atoms with E-state index in [-0.39, 0.29) is 17.7 Å². The number of nitrogens with zero attached hydrogens (tertiary/aromatic N) is 2. The van der Waals surface area contributed by atoms with E-state index in [0.717, 1.165) is 36.6 Å². The summed E-state index contributed by atoms with van der Waals surface area (Å²) in [6.45, 7) is 2.23. The summed E-state index contributed by atoms with van der Waals surface area (Å²) in [6, 6.07) is 5.54. The molecule has 3 aromatic rings. The lowest BCUT2D eigenvalue weighted by Gasteiger charge is -2.29. The third kappa shape index (κ3) is 2.52. The van der Waals surface area contributed by atoms with Gasteiger partial charge >= 0.3 is 0 Å². The number of carbonyl (C=O) groups excluding carboxylic acids is 1. The van der Waals surface area contributed by atoms with Gasteiger partial charge in [-0.15, -0.1) is 0 Å². The van der Waals surface area contributed by atoms with Crippen LogP contribution in [0.2, 0.25) is 5.02 Å². The van der Waals surface area contributed by atoms with Crippen LogP contribution < -0.4 is 5.56 Å². The fourth-order valence-corrected chi connectivity index (χ4v) is 4.11. The first kappa shape index (κ1) is 16.1. The lowest BCUT2D eigenvalue weighted by Crippen LogP contribution is -2.30.